The van der Waals surface area contributed by atoms with Crippen LogP contribution in [0.15, 0.2) is 18.3 Å². The molecule has 1 atom stereocenters. The molecule has 1 aromatic heterocycles. The standard InChI is InChI=1S/C14H19N3O/c1-18-11-13-3-2-6-17(10-13)9-12-4-5-16-14(7-12)8-15/h4-5,7,13H,2-3,6,9-11H2,1H3. The van der Waals surface area contributed by atoms with Crippen molar-refractivity contribution >= 4 is 0 Å². The van der Waals surface area contributed by atoms with E-state index in [1.165, 1.54) is 18.4 Å². The van der Waals surface area contributed by atoms with Crippen LogP contribution in [0.5, 0.6) is 0 Å². The van der Waals surface area contributed by atoms with E-state index >= 15 is 0 Å². The van der Waals surface area contributed by atoms with Gasteiger partial charge in [0.15, 0.2) is 0 Å². The molecule has 0 aromatic carbocycles. The highest BCUT2D eigenvalue weighted by Gasteiger charge is 2.19. The zero-order valence-electron chi connectivity index (χ0n) is 10.8. The Morgan fingerprint density at radius 3 is 3.28 bits per heavy atom. The van der Waals surface area contributed by atoms with Crippen LogP contribution >= 0.6 is 0 Å². The summed E-state index contributed by atoms with van der Waals surface area (Å²) in [7, 11) is 1.76. The number of piperidine rings is 1. The Hall–Kier alpha value is -1.44. The minimum atomic E-state index is 0.498. The van der Waals surface area contributed by atoms with E-state index in [0.29, 0.717) is 11.6 Å². The van der Waals surface area contributed by atoms with Crippen molar-refractivity contribution in [1.29, 1.82) is 5.26 Å². The summed E-state index contributed by atoms with van der Waals surface area (Å²) < 4.78 is 5.24. The van der Waals surface area contributed by atoms with E-state index in [0.717, 1.165) is 26.2 Å². The summed E-state index contributed by atoms with van der Waals surface area (Å²) in [6, 6.07) is 5.95. The van der Waals surface area contributed by atoms with Gasteiger partial charge >= 0.3 is 0 Å². The van der Waals surface area contributed by atoms with Gasteiger partial charge in [-0.2, -0.15) is 5.26 Å². The van der Waals surface area contributed by atoms with Gasteiger partial charge in [-0.05, 0) is 43.0 Å². The Kier molecular flexibility index (Phi) is 4.68. The number of hydrogen-bond donors (Lipinski definition) is 0. The molecule has 1 aromatic rings. The first-order chi connectivity index (χ1) is 8.81. The van der Waals surface area contributed by atoms with Crippen LogP contribution in [0, 0.1) is 17.2 Å². The molecule has 0 aliphatic carbocycles. The van der Waals surface area contributed by atoms with Crippen LogP contribution in [0.3, 0.4) is 0 Å². The molecule has 1 aliphatic heterocycles. The number of hydrogen-bond acceptors (Lipinski definition) is 4. The Labute approximate surface area is 108 Å². The second-order valence-electron chi connectivity index (χ2n) is 4.86. The van der Waals surface area contributed by atoms with Gasteiger partial charge in [-0.15, -0.1) is 0 Å². The number of pyridine rings is 1. The maximum atomic E-state index is 8.84. The lowest BCUT2D eigenvalue weighted by Crippen LogP contribution is -2.36. The number of methoxy groups -OCH3 is 1. The van der Waals surface area contributed by atoms with Crippen molar-refractivity contribution in [2.45, 2.75) is 19.4 Å². The molecule has 96 valence electrons. The Balaban J connectivity index is 1.94. The number of aromatic nitrogens is 1. The number of likely N-dealkylation sites (tertiary alicyclic amines) is 1. The van der Waals surface area contributed by atoms with Crippen LogP contribution in [0.2, 0.25) is 0 Å². The van der Waals surface area contributed by atoms with Crippen LogP contribution in [-0.2, 0) is 11.3 Å². The Bertz CT molecular complexity index is 425. The maximum Gasteiger partial charge on any atom is 0.140 e. The van der Waals surface area contributed by atoms with Crippen molar-refractivity contribution in [3.63, 3.8) is 0 Å². The summed E-state index contributed by atoms with van der Waals surface area (Å²) in [6.45, 7) is 3.95. The average Bonchev–Trinajstić information content (AvgIpc) is 2.40. The van der Waals surface area contributed by atoms with Crippen molar-refractivity contribution in [1.82, 2.24) is 9.88 Å². The molecule has 4 nitrogen and oxygen atoms in total. The highest BCUT2D eigenvalue weighted by Crippen LogP contribution is 2.18. The topological polar surface area (TPSA) is 49.1 Å². The third kappa shape index (κ3) is 3.52. The number of ether oxygens (including phenoxy) is 1. The van der Waals surface area contributed by atoms with Crippen molar-refractivity contribution in [3.05, 3.63) is 29.6 Å². The third-order valence-corrected chi connectivity index (χ3v) is 3.35. The Morgan fingerprint density at radius 2 is 2.50 bits per heavy atom. The molecule has 1 saturated heterocycles. The largest absolute Gasteiger partial charge is 0.384 e. The average molecular weight is 245 g/mol. The smallest absolute Gasteiger partial charge is 0.140 e. The predicted octanol–water partition coefficient (Wildman–Crippen LogP) is 1.81. The molecule has 1 unspecified atom stereocenters. The van der Waals surface area contributed by atoms with Crippen molar-refractivity contribution in [2.24, 2.45) is 5.92 Å². The second kappa shape index (κ2) is 6.48. The zero-order valence-corrected chi connectivity index (χ0v) is 10.8. The molecule has 0 N–H and O–H groups in total. The van der Waals surface area contributed by atoms with Gasteiger partial charge in [-0.25, -0.2) is 4.98 Å². The van der Waals surface area contributed by atoms with E-state index in [1.807, 2.05) is 12.1 Å². The predicted molar refractivity (Wildman–Crippen MR) is 68.8 cm³/mol. The van der Waals surface area contributed by atoms with Gasteiger partial charge < -0.3 is 4.74 Å². The summed E-state index contributed by atoms with van der Waals surface area (Å²) in [6.07, 6.45) is 4.19. The molecule has 1 fully saturated rings. The van der Waals surface area contributed by atoms with Crippen molar-refractivity contribution < 1.29 is 4.74 Å². The van der Waals surface area contributed by atoms with Crippen LogP contribution in [0.4, 0.5) is 0 Å². The fourth-order valence-electron chi connectivity index (χ4n) is 2.56. The van der Waals surface area contributed by atoms with E-state index in [4.69, 9.17) is 10.00 Å². The number of nitrogens with zero attached hydrogens (tertiary/aromatic N) is 3. The van der Waals surface area contributed by atoms with Crippen molar-refractivity contribution in [3.8, 4) is 6.07 Å². The van der Waals surface area contributed by atoms with Crippen LogP contribution in [0.25, 0.3) is 0 Å². The van der Waals surface area contributed by atoms with Gasteiger partial charge in [-0.1, -0.05) is 0 Å². The summed E-state index contributed by atoms with van der Waals surface area (Å²) in [5, 5.41) is 8.84. The molecular formula is C14H19N3O. The molecule has 2 rings (SSSR count). The first kappa shape index (κ1) is 13.0. The summed E-state index contributed by atoms with van der Waals surface area (Å²) >= 11 is 0. The normalized spacial score (nSPS) is 20.6. The van der Waals surface area contributed by atoms with Gasteiger partial charge in [0.25, 0.3) is 0 Å². The third-order valence-electron chi connectivity index (χ3n) is 3.35. The second-order valence-corrected chi connectivity index (χ2v) is 4.86. The van der Waals surface area contributed by atoms with Gasteiger partial charge in [-0.3, -0.25) is 4.90 Å². The number of nitriles is 1. The van der Waals surface area contributed by atoms with Crippen LogP contribution < -0.4 is 0 Å². The molecule has 0 bridgehead atoms. The first-order valence-electron chi connectivity index (χ1n) is 6.38. The quantitative estimate of drug-likeness (QED) is 0.811. The lowest BCUT2D eigenvalue weighted by Gasteiger charge is -2.32. The van der Waals surface area contributed by atoms with Crippen LogP contribution in [0.1, 0.15) is 24.1 Å². The lowest BCUT2D eigenvalue weighted by atomic mass is 9.98. The van der Waals surface area contributed by atoms with Gasteiger partial charge in [0.2, 0.25) is 0 Å². The van der Waals surface area contributed by atoms with E-state index in [-0.39, 0.29) is 0 Å². The van der Waals surface area contributed by atoms with E-state index in [1.54, 1.807) is 13.3 Å². The molecule has 0 amide bonds. The molecule has 2 heterocycles. The first-order valence-corrected chi connectivity index (χ1v) is 6.38. The van der Waals surface area contributed by atoms with E-state index in [9.17, 15) is 0 Å². The van der Waals surface area contributed by atoms with Gasteiger partial charge in [0.1, 0.15) is 11.8 Å². The number of rotatable bonds is 4. The van der Waals surface area contributed by atoms with Gasteiger partial charge in [0.05, 0.1) is 6.61 Å². The Morgan fingerprint density at radius 1 is 1.61 bits per heavy atom. The van der Waals surface area contributed by atoms with Crippen LogP contribution in [-0.4, -0.2) is 36.7 Å². The summed E-state index contributed by atoms with van der Waals surface area (Å²) in [5.41, 5.74) is 1.66. The fourth-order valence-corrected chi connectivity index (χ4v) is 2.56. The lowest BCUT2D eigenvalue weighted by molar-refractivity contribution is 0.0873. The van der Waals surface area contributed by atoms with Crippen molar-refractivity contribution in [2.75, 3.05) is 26.8 Å². The SMILES string of the molecule is COCC1CCCN(Cc2ccnc(C#N)c2)C1. The van der Waals surface area contributed by atoms with E-state index < -0.39 is 0 Å². The highest BCUT2D eigenvalue weighted by molar-refractivity contribution is 5.25. The molecule has 1 aliphatic rings. The monoisotopic (exact) mass is 245 g/mol. The minimum absolute atomic E-state index is 0.498. The van der Waals surface area contributed by atoms with Gasteiger partial charge in [0, 0.05) is 26.4 Å². The molecule has 18 heavy (non-hydrogen) atoms. The molecule has 0 saturated carbocycles. The summed E-state index contributed by atoms with van der Waals surface area (Å²) in [4.78, 5) is 6.43. The zero-order chi connectivity index (χ0) is 12.8. The van der Waals surface area contributed by atoms with E-state index in [2.05, 4.69) is 16.0 Å². The molecule has 0 radical (unpaired) electrons. The molecule has 0 spiro atoms. The molecular weight excluding hydrogens is 226 g/mol. The minimum Gasteiger partial charge on any atom is -0.384 e. The fraction of sp³-hybridized carbons (Fsp3) is 0.571. The molecule has 4 heteroatoms. The highest BCUT2D eigenvalue weighted by atomic mass is 16.5. The summed E-state index contributed by atoms with van der Waals surface area (Å²) in [5.74, 6) is 0.640. The maximum absolute atomic E-state index is 8.84.